The second-order valence-corrected chi connectivity index (χ2v) is 15.6. The molecule has 0 heterocycles. The van der Waals surface area contributed by atoms with Crippen LogP contribution in [0.1, 0.15) is 71.6 Å². The molecular formula is C31H41O2P. The van der Waals surface area contributed by atoms with Crippen molar-refractivity contribution in [3.63, 3.8) is 0 Å². The maximum atomic E-state index is 15.3. The number of benzene rings is 2. The summed E-state index contributed by atoms with van der Waals surface area (Å²) in [7, 11) is -2.75. The van der Waals surface area contributed by atoms with Crippen molar-refractivity contribution in [1.29, 1.82) is 0 Å². The van der Waals surface area contributed by atoms with Gasteiger partial charge in [0, 0.05) is 16.3 Å². The van der Waals surface area contributed by atoms with Crippen LogP contribution >= 0.6 is 7.14 Å². The standard InChI is InChI=1S/C31H41O2P/c1-30(32)19-17-25-22(21-30)13-14-27-26(25)18-20-31(2)28(27)15-16-29(31)34(33,23-9-5-3-6-10-23)24-11-7-4-8-12-24/h3-12,22,25-29,32H,13-21H2,1-2H3/t22-,25+,26-,27-,28+,29+,30-,31+/m1/s1. The molecule has 3 heteroatoms. The van der Waals surface area contributed by atoms with Gasteiger partial charge in [-0.25, -0.2) is 0 Å². The highest BCUT2D eigenvalue weighted by Gasteiger charge is 2.61. The summed E-state index contributed by atoms with van der Waals surface area (Å²) >= 11 is 0. The van der Waals surface area contributed by atoms with E-state index >= 15 is 4.57 Å². The van der Waals surface area contributed by atoms with Gasteiger partial charge in [-0.2, -0.15) is 0 Å². The fourth-order valence-corrected chi connectivity index (χ4v) is 13.4. The summed E-state index contributed by atoms with van der Waals surface area (Å²) in [6.45, 7) is 4.57. The van der Waals surface area contributed by atoms with E-state index in [1.807, 2.05) is 12.1 Å². The van der Waals surface area contributed by atoms with Gasteiger partial charge in [0.05, 0.1) is 5.60 Å². The molecule has 1 N–H and O–H groups in total. The van der Waals surface area contributed by atoms with E-state index in [0.717, 1.165) is 47.6 Å². The van der Waals surface area contributed by atoms with Crippen LogP contribution in [0.5, 0.6) is 0 Å². The molecule has 4 fully saturated rings. The zero-order chi connectivity index (χ0) is 23.6. The van der Waals surface area contributed by atoms with E-state index in [9.17, 15) is 5.11 Å². The normalized spacial score (nSPS) is 41.9. The molecule has 34 heavy (non-hydrogen) atoms. The molecule has 2 aromatic rings. The second kappa shape index (κ2) is 8.35. The van der Waals surface area contributed by atoms with Gasteiger partial charge in [0.25, 0.3) is 0 Å². The number of aliphatic hydroxyl groups is 1. The number of rotatable bonds is 3. The van der Waals surface area contributed by atoms with Gasteiger partial charge in [0.15, 0.2) is 0 Å². The molecule has 4 saturated carbocycles. The Balaban J connectivity index is 1.34. The number of hydrogen-bond acceptors (Lipinski definition) is 2. The van der Waals surface area contributed by atoms with Gasteiger partial charge in [-0.15, -0.1) is 0 Å². The Morgan fingerprint density at radius 3 is 2.00 bits per heavy atom. The topological polar surface area (TPSA) is 37.3 Å². The van der Waals surface area contributed by atoms with Crippen molar-refractivity contribution in [3.05, 3.63) is 60.7 Å². The molecule has 0 saturated heterocycles. The van der Waals surface area contributed by atoms with E-state index in [-0.39, 0.29) is 11.1 Å². The average molecular weight is 477 g/mol. The maximum absolute atomic E-state index is 15.3. The van der Waals surface area contributed by atoms with E-state index in [4.69, 9.17) is 0 Å². The molecule has 0 spiro atoms. The Kier molecular flexibility index (Phi) is 5.66. The largest absolute Gasteiger partial charge is 0.390 e. The second-order valence-electron chi connectivity index (χ2n) is 12.6. The molecule has 2 aromatic carbocycles. The minimum Gasteiger partial charge on any atom is -0.390 e. The molecule has 6 rings (SSSR count). The van der Waals surface area contributed by atoms with Crippen LogP contribution in [0.15, 0.2) is 60.7 Å². The highest BCUT2D eigenvalue weighted by atomic mass is 31.2. The molecule has 0 aromatic heterocycles. The van der Waals surface area contributed by atoms with Crippen molar-refractivity contribution in [3.8, 4) is 0 Å². The lowest BCUT2D eigenvalue weighted by molar-refractivity contribution is -0.0934. The van der Waals surface area contributed by atoms with Gasteiger partial charge < -0.3 is 9.67 Å². The van der Waals surface area contributed by atoms with E-state index in [1.54, 1.807) is 0 Å². The van der Waals surface area contributed by atoms with Crippen LogP contribution in [0.3, 0.4) is 0 Å². The Morgan fingerprint density at radius 1 is 0.735 bits per heavy atom. The molecule has 0 amide bonds. The molecule has 4 aliphatic rings. The monoisotopic (exact) mass is 476 g/mol. The lowest BCUT2D eigenvalue weighted by Crippen LogP contribution is -2.51. The van der Waals surface area contributed by atoms with Crippen molar-refractivity contribution >= 4 is 17.8 Å². The van der Waals surface area contributed by atoms with Gasteiger partial charge in [0.2, 0.25) is 0 Å². The Bertz CT molecular complexity index is 1020. The van der Waals surface area contributed by atoms with Crippen LogP contribution in [0, 0.1) is 35.0 Å². The molecular weight excluding hydrogens is 435 g/mol. The predicted molar refractivity (Wildman–Crippen MR) is 141 cm³/mol. The number of fused-ring (bicyclic) bond motifs is 5. The Hall–Kier alpha value is -1.37. The van der Waals surface area contributed by atoms with Gasteiger partial charge in [-0.05, 0) is 99.7 Å². The molecule has 0 unspecified atom stereocenters. The van der Waals surface area contributed by atoms with Gasteiger partial charge >= 0.3 is 0 Å². The fraction of sp³-hybridized carbons (Fsp3) is 0.613. The summed E-state index contributed by atoms with van der Waals surface area (Å²) in [4.78, 5) is 0. The van der Waals surface area contributed by atoms with Crippen LogP contribution in [-0.2, 0) is 4.57 Å². The Morgan fingerprint density at radius 2 is 1.35 bits per heavy atom. The van der Waals surface area contributed by atoms with Gasteiger partial charge in [-0.3, -0.25) is 0 Å². The minimum absolute atomic E-state index is 0.148. The quantitative estimate of drug-likeness (QED) is 0.496. The van der Waals surface area contributed by atoms with E-state index in [1.165, 1.54) is 38.5 Å². The Labute approximate surface area is 205 Å². The summed E-state index contributed by atoms with van der Waals surface area (Å²) in [5.74, 6) is 3.82. The maximum Gasteiger partial charge on any atom is 0.146 e. The molecule has 4 aliphatic carbocycles. The first-order valence-corrected chi connectivity index (χ1v) is 15.5. The van der Waals surface area contributed by atoms with E-state index in [2.05, 4.69) is 62.4 Å². The summed E-state index contributed by atoms with van der Waals surface area (Å²) in [5.41, 5.74) is -0.0659. The van der Waals surface area contributed by atoms with Crippen LogP contribution in [-0.4, -0.2) is 16.4 Å². The SMILES string of the molecule is C[C@@]1(O)CC[C@H]2[C@H](CC[C@@H]3[C@@H]2CC[C@@]2(C)[C@H]3CC[C@@H]2P(=O)(c2ccccc2)c2ccccc2)C1. The first-order chi connectivity index (χ1) is 16.3. The van der Waals surface area contributed by atoms with Crippen molar-refractivity contribution in [2.24, 2.45) is 35.0 Å². The first-order valence-electron chi connectivity index (χ1n) is 13.8. The summed E-state index contributed by atoms with van der Waals surface area (Å²) in [6, 6.07) is 20.8. The first kappa shape index (κ1) is 23.1. The van der Waals surface area contributed by atoms with Crippen LogP contribution in [0.2, 0.25) is 0 Å². The van der Waals surface area contributed by atoms with E-state index in [0.29, 0.717) is 11.8 Å². The van der Waals surface area contributed by atoms with E-state index < -0.39 is 12.7 Å². The molecule has 0 bridgehead atoms. The molecule has 2 nitrogen and oxygen atoms in total. The highest BCUT2D eigenvalue weighted by molar-refractivity contribution is 7.79. The smallest absolute Gasteiger partial charge is 0.146 e. The zero-order valence-electron chi connectivity index (χ0n) is 20.9. The van der Waals surface area contributed by atoms with Crippen molar-refractivity contribution in [1.82, 2.24) is 0 Å². The van der Waals surface area contributed by atoms with Crippen LogP contribution < -0.4 is 10.6 Å². The zero-order valence-corrected chi connectivity index (χ0v) is 21.8. The van der Waals surface area contributed by atoms with Gasteiger partial charge in [-0.1, -0.05) is 67.6 Å². The third-order valence-corrected chi connectivity index (χ3v) is 14.8. The van der Waals surface area contributed by atoms with Gasteiger partial charge in [0.1, 0.15) is 7.14 Å². The molecule has 8 atom stereocenters. The predicted octanol–water partition coefficient (Wildman–Crippen LogP) is 6.77. The highest BCUT2D eigenvalue weighted by Crippen LogP contribution is 2.70. The number of hydrogen-bond donors (Lipinski definition) is 1. The molecule has 0 radical (unpaired) electrons. The third kappa shape index (κ3) is 3.50. The summed E-state index contributed by atoms with van der Waals surface area (Å²) in [5, 5.41) is 12.8. The average Bonchev–Trinajstić information content (AvgIpc) is 3.21. The molecule has 182 valence electrons. The minimum atomic E-state index is -2.75. The fourth-order valence-electron chi connectivity index (χ4n) is 9.46. The lowest BCUT2D eigenvalue weighted by atomic mass is 9.50. The summed E-state index contributed by atoms with van der Waals surface area (Å²) in [6.07, 6.45) is 10.6. The third-order valence-electron chi connectivity index (χ3n) is 10.9. The van der Waals surface area contributed by atoms with Crippen molar-refractivity contribution in [2.75, 3.05) is 0 Å². The van der Waals surface area contributed by atoms with Crippen LogP contribution in [0.25, 0.3) is 0 Å². The van der Waals surface area contributed by atoms with Crippen LogP contribution in [0.4, 0.5) is 0 Å². The lowest BCUT2D eigenvalue weighted by Gasteiger charge is -2.57. The van der Waals surface area contributed by atoms with Crippen molar-refractivity contribution < 1.29 is 9.67 Å². The summed E-state index contributed by atoms with van der Waals surface area (Å²) < 4.78 is 15.3. The molecule has 0 aliphatic heterocycles. The van der Waals surface area contributed by atoms with Crippen molar-refractivity contribution in [2.45, 2.75) is 82.9 Å².